The highest BCUT2D eigenvalue weighted by Crippen LogP contribution is 2.29. The smallest absolute Gasteiger partial charge is 0.228 e. The number of hydrogen-bond donors (Lipinski definition) is 1. The van der Waals surface area contributed by atoms with Gasteiger partial charge in [0.1, 0.15) is 5.75 Å². The average Bonchev–Trinajstić information content (AvgIpc) is 2.90. The Morgan fingerprint density at radius 3 is 2.48 bits per heavy atom. The molecule has 2 heterocycles. The first kappa shape index (κ1) is 18.1. The molecule has 0 saturated carbocycles. The van der Waals surface area contributed by atoms with Crippen LogP contribution in [0.1, 0.15) is 32.6 Å². The maximum Gasteiger partial charge on any atom is 0.228 e. The number of benzene rings is 1. The van der Waals surface area contributed by atoms with E-state index < -0.39 is 0 Å². The first-order chi connectivity index (χ1) is 10.6. The number of piperidine rings is 1. The Kier molecular flexibility index (Phi) is 6.31. The molecular formula is C18H27ClN2O2. The van der Waals surface area contributed by atoms with Crippen molar-refractivity contribution in [3.05, 3.63) is 30.3 Å². The predicted octanol–water partition coefficient (Wildman–Crippen LogP) is 2.86. The fraction of sp³-hybridized carbons (Fsp3) is 0.611. The van der Waals surface area contributed by atoms with Gasteiger partial charge < -0.3 is 15.0 Å². The van der Waals surface area contributed by atoms with Crippen LogP contribution >= 0.6 is 12.4 Å². The van der Waals surface area contributed by atoms with Gasteiger partial charge in [-0.3, -0.25) is 4.79 Å². The number of fused-ring (bicyclic) bond motifs is 2. The molecule has 5 heteroatoms. The van der Waals surface area contributed by atoms with E-state index in [9.17, 15) is 4.79 Å². The van der Waals surface area contributed by atoms with Gasteiger partial charge in [-0.15, -0.1) is 12.4 Å². The van der Waals surface area contributed by atoms with Crippen LogP contribution in [0.5, 0.6) is 5.75 Å². The molecule has 128 valence electrons. The Labute approximate surface area is 145 Å². The SMILES string of the molecule is CC(COc1ccccc1)C(=O)N(C)C1CC2CCC(C1)N2.Cl. The second-order valence-electron chi connectivity index (χ2n) is 6.74. The van der Waals surface area contributed by atoms with E-state index in [4.69, 9.17) is 4.74 Å². The third-order valence-corrected chi connectivity index (χ3v) is 5.01. The van der Waals surface area contributed by atoms with Gasteiger partial charge in [-0.1, -0.05) is 25.1 Å². The standard InChI is InChI=1S/C18H26N2O2.ClH/c1-13(12-22-17-6-4-3-5-7-17)18(21)20(2)16-10-14-8-9-15(11-16)19-14;/h3-7,13-16,19H,8-12H2,1-2H3;1H. The second kappa shape index (κ2) is 8.02. The number of nitrogens with one attached hydrogen (secondary N) is 1. The summed E-state index contributed by atoms with van der Waals surface area (Å²) in [5, 5.41) is 3.63. The van der Waals surface area contributed by atoms with E-state index in [1.165, 1.54) is 12.8 Å². The van der Waals surface area contributed by atoms with Crippen molar-refractivity contribution < 1.29 is 9.53 Å². The summed E-state index contributed by atoms with van der Waals surface area (Å²) in [5.41, 5.74) is 0. The summed E-state index contributed by atoms with van der Waals surface area (Å²) < 4.78 is 5.72. The topological polar surface area (TPSA) is 41.6 Å². The van der Waals surface area contributed by atoms with E-state index in [1.807, 2.05) is 49.2 Å². The van der Waals surface area contributed by atoms with Gasteiger partial charge in [0.2, 0.25) is 5.91 Å². The lowest BCUT2D eigenvalue weighted by Gasteiger charge is -2.36. The summed E-state index contributed by atoms with van der Waals surface area (Å²) in [6.07, 6.45) is 4.70. The number of hydrogen-bond acceptors (Lipinski definition) is 3. The highest BCUT2D eigenvalue weighted by atomic mass is 35.5. The fourth-order valence-corrected chi connectivity index (χ4v) is 3.68. The zero-order valence-electron chi connectivity index (χ0n) is 13.9. The number of amides is 1. The number of para-hydroxylation sites is 1. The summed E-state index contributed by atoms with van der Waals surface area (Å²) in [7, 11) is 1.96. The molecule has 2 bridgehead atoms. The van der Waals surface area contributed by atoms with Gasteiger partial charge in [0.25, 0.3) is 0 Å². The Balaban J connectivity index is 0.00000192. The third-order valence-electron chi connectivity index (χ3n) is 5.01. The van der Waals surface area contributed by atoms with E-state index in [2.05, 4.69) is 5.32 Å². The largest absolute Gasteiger partial charge is 0.493 e. The molecule has 0 aromatic heterocycles. The van der Waals surface area contributed by atoms with Crippen molar-refractivity contribution in [2.75, 3.05) is 13.7 Å². The number of carbonyl (C=O) groups excluding carboxylic acids is 1. The fourth-order valence-electron chi connectivity index (χ4n) is 3.68. The van der Waals surface area contributed by atoms with Crippen molar-refractivity contribution in [3.8, 4) is 5.75 Å². The van der Waals surface area contributed by atoms with Crippen molar-refractivity contribution in [2.45, 2.75) is 50.7 Å². The van der Waals surface area contributed by atoms with Crippen molar-refractivity contribution in [2.24, 2.45) is 5.92 Å². The maximum atomic E-state index is 12.6. The van der Waals surface area contributed by atoms with E-state index in [0.717, 1.165) is 18.6 Å². The summed E-state index contributed by atoms with van der Waals surface area (Å²) in [6, 6.07) is 11.3. The number of ether oxygens (including phenoxy) is 1. The monoisotopic (exact) mass is 338 g/mol. The van der Waals surface area contributed by atoms with Gasteiger partial charge in [0.05, 0.1) is 12.5 Å². The molecule has 4 nitrogen and oxygen atoms in total. The summed E-state index contributed by atoms with van der Waals surface area (Å²) >= 11 is 0. The molecule has 2 aliphatic heterocycles. The average molecular weight is 339 g/mol. The Hall–Kier alpha value is -1.26. The molecule has 0 radical (unpaired) electrons. The van der Waals surface area contributed by atoms with Crippen molar-refractivity contribution in [3.63, 3.8) is 0 Å². The molecule has 0 aliphatic carbocycles. The summed E-state index contributed by atoms with van der Waals surface area (Å²) in [6.45, 7) is 2.39. The van der Waals surface area contributed by atoms with Gasteiger partial charge in [0.15, 0.2) is 0 Å². The normalized spacial score (nSPS) is 27.0. The van der Waals surface area contributed by atoms with Crippen molar-refractivity contribution >= 4 is 18.3 Å². The lowest BCUT2D eigenvalue weighted by Crippen LogP contribution is -2.50. The van der Waals surface area contributed by atoms with Crippen LogP contribution in [0.15, 0.2) is 30.3 Å². The van der Waals surface area contributed by atoms with E-state index >= 15 is 0 Å². The number of nitrogens with zero attached hydrogens (tertiary/aromatic N) is 1. The maximum absolute atomic E-state index is 12.6. The van der Waals surface area contributed by atoms with Gasteiger partial charge in [-0.25, -0.2) is 0 Å². The molecule has 2 aliphatic rings. The van der Waals surface area contributed by atoms with Crippen LogP contribution in [0.4, 0.5) is 0 Å². The van der Waals surface area contributed by atoms with Gasteiger partial charge in [-0.05, 0) is 37.8 Å². The Bertz CT molecular complexity index is 499. The summed E-state index contributed by atoms with van der Waals surface area (Å²) in [5.74, 6) is 0.907. The molecule has 1 amide bonds. The van der Waals surface area contributed by atoms with Gasteiger partial charge >= 0.3 is 0 Å². The van der Waals surface area contributed by atoms with Crippen LogP contribution < -0.4 is 10.1 Å². The molecule has 3 unspecified atom stereocenters. The van der Waals surface area contributed by atoms with Crippen LogP contribution in [0.25, 0.3) is 0 Å². The third kappa shape index (κ3) is 4.39. The zero-order valence-corrected chi connectivity index (χ0v) is 14.7. The van der Waals surface area contributed by atoms with Crippen LogP contribution in [0.2, 0.25) is 0 Å². The lowest BCUT2D eigenvalue weighted by atomic mass is 9.97. The molecule has 23 heavy (non-hydrogen) atoms. The molecule has 2 saturated heterocycles. The van der Waals surface area contributed by atoms with E-state index in [1.54, 1.807) is 0 Å². The predicted molar refractivity (Wildman–Crippen MR) is 94.1 cm³/mol. The molecule has 2 fully saturated rings. The number of rotatable bonds is 5. The summed E-state index contributed by atoms with van der Waals surface area (Å²) in [4.78, 5) is 14.6. The van der Waals surface area contributed by atoms with Crippen LogP contribution in [0, 0.1) is 5.92 Å². The highest BCUT2D eigenvalue weighted by molar-refractivity contribution is 5.85. The highest BCUT2D eigenvalue weighted by Gasteiger charge is 2.37. The molecule has 3 atom stereocenters. The molecule has 0 spiro atoms. The van der Waals surface area contributed by atoms with Gasteiger partial charge in [0, 0.05) is 25.2 Å². The second-order valence-corrected chi connectivity index (χ2v) is 6.74. The van der Waals surface area contributed by atoms with E-state index in [0.29, 0.717) is 24.7 Å². The number of carbonyl (C=O) groups is 1. The molecular weight excluding hydrogens is 312 g/mol. The van der Waals surface area contributed by atoms with Crippen LogP contribution in [0.3, 0.4) is 0 Å². The first-order valence-corrected chi connectivity index (χ1v) is 8.34. The minimum atomic E-state index is -0.113. The minimum absolute atomic E-state index is 0. The lowest BCUT2D eigenvalue weighted by molar-refractivity contribution is -0.137. The molecule has 1 aromatic carbocycles. The van der Waals surface area contributed by atoms with Crippen molar-refractivity contribution in [1.29, 1.82) is 0 Å². The van der Waals surface area contributed by atoms with Gasteiger partial charge in [-0.2, -0.15) is 0 Å². The molecule has 1 N–H and O–H groups in total. The van der Waals surface area contributed by atoms with Crippen molar-refractivity contribution in [1.82, 2.24) is 10.2 Å². The first-order valence-electron chi connectivity index (χ1n) is 8.34. The quantitative estimate of drug-likeness (QED) is 0.897. The van der Waals surface area contributed by atoms with Crippen LogP contribution in [-0.2, 0) is 4.79 Å². The number of halogens is 1. The minimum Gasteiger partial charge on any atom is -0.493 e. The zero-order chi connectivity index (χ0) is 15.5. The molecule has 3 rings (SSSR count). The Morgan fingerprint density at radius 1 is 1.26 bits per heavy atom. The molecule has 1 aromatic rings. The Morgan fingerprint density at radius 2 is 1.87 bits per heavy atom. The van der Waals surface area contributed by atoms with Crippen LogP contribution in [-0.4, -0.2) is 42.6 Å². The van der Waals surface area contributed by atoms with E-state index in [-0.39, 0.29) is 24.2 Å².